The first-order valence-corrected chi connectivity index (χ1v) is 5.56. The Bertz CT molecular complexity index is 234. The van der Waals surface area contributed by atoms with Crippen molar-refractivity contribution in [1.29, 1.82) is 0 Å². The Morgan fingerprint density at radius 1 is 1.38 bits per heavy atom. The van der Waals surface area contributed by atoms with E-state index < -0.39 is 6.03 Å². The van der Waals surface area contributed by atoms with Gasteiger partial charge in [-0.05, 0) is 6.42 Å². The van der Waals surface area contributed by atoms with Gasteiger partial charge in [0.1, 0.15) is 0 Å². The highest BCUT2D eigenvalue weighted by atomic mass is 35.5. The maximum absolute atomic E-state index is 11.1. The molecule has 0 radical (unpaired) electrons. The van der Waals surface area contributed by atoms with Gasteiger partial charge in [-0.1, -0.05) is 6.08 Å². The topological polar surface area (TPSA) is 67.4 Å². The number of alkyl halides is 1. The minimum atomic E-state index is -0.526. The van der Waals surface area contributed by atoms with Crippen LogP contribution < -0.4 is 10.6 Å². The molecule has 6 heteroatoms. The number of halogens is 1. The van der Waals surface area contributed by atoms with Gasteiger partial charge < -0.3 is 10.1 Å². The monoisotopic (exact) mass is 248 g/mol. The van der Waals surface area contributed by atoms with E-state index in [4.69, 9.17) is 16.3 Å². The number of hydrogen-bond donors (Lipinski definition) is 2. The van der Waals surface area contributed by atoms with Crippen LogP contribution in [0.2, 0.25) is 0 Å². The first kappa shape index (κ1) is 14.9. The molecule has 0 heterocycles. The molecule has 0 saturated carbocycles. The van der Waals surface area contributed by atoms with Crippen molar-refractivity contribution >= 4 is 23.5 Å². The standard InChI is InChI=1S/C10H17ClN2O3/c1-2-3-7-16-8-6-12-10(15)13-9(14)4-5-11/h2H,1,3-8H2,(H2,12,13,14,15). The fourth-order valence-electron chi connectivity index (χ4n) is 0.825. The second-order valence-corrected chi connectivity index (χ2v) is 3.31. The zero-order valence-corrected chi connectivity index (χ0v) is 9.89. The lowest BCUT2D eigenvalue weighted by atomic mass is 10.4. The number of ether oxygens (including phenoxy) is 1. The second-order valence-electron chi connectivity index (χ2n) is 2.93. The molecule has 0 aliphatic carbocycles. The van der Waals surface area contributed by atoms with Crippen LogP contribution in [0, 0.1) is 0 Å². The van der Waals surface area contributed by atoms with Crippen LogP contribution in [0.25, 0.3) is 0 Å². The maximum atomic E-state index is 11.1. The third-order valence-corrected chi connectivity index (χ3v) is 1.76. The van der Waals surface area contributed by atoms with E-state index >= 15 is 0 Å². The Kier molecular flexibility index (Phi) is 9.75. The molecule has 0 aromatic rings. The van der Waals surface area contributed by atoms with Gasteiger partial charge in [0.05, 0.1) is 13.2 Å². The van der Waals surface area contributed by atoms with Crippen molar-refractivity contribution in [2.45, 2.75) is 12.8 Å². The fourth-order valence-corrected chi connectivity index (χ4v) is 0.996. The molecular weight excluding hydrogens is 232 g/mol. The summed E-state index contributed by atoms with van der Waals surface area (Å²) < 4.78 is 5.16. The number of rotatable bonds is 8. The van der Waals surface area contributed by atoms with E-state index in [1.165, 1.54) is 0 Å². The summed E-state index contributed by atoms with van der Waals surface area (Å²) in [7, 11) is 0. The number of imide groups is 1. The van der Waals surface area contributed by atoms with Gasteiger partial charge in [0.25, 0.3) is 0 Å². The summed E-state index contributed by atoms with van der Waals surface area (Å²) in [6.07, 6.45) is 2.66. The molecule has 5 nitrogen and oxygen atoms in total. The quantitative estimate of drug-likeness (QED) is 0.383. The molecule has 0 bridgehead atoms. The first-order valence-electron chi connectivity index (χ1n) is 5.03. The van der Waals surface area contributed by atoms with Crippen molar-refractivity contribution in [2.24, 2.45) is 0 Å². The van der Waals surface area contributed by atoms with Crippen molar-refractivity contribution in [1.82, 2.24) is 10.6 Å². The number of nitrogens with one attached hydrogen (secondary N) is 2. The predicted molar refractivity (Wildman–Crippen MR) is 62.5 cm³/mol. The predicted octanol–water partition coefficient (Wildman–Crippen LogP) is 1.03. The molecule has 92 valence electrons. The van der Waals surface area contributed by atoms with E-state index in [-0.39, 0.29) is 18.2 Å². The normalized spacial score (nSPS) is 9.56. The van der Waals surface area contributed by atoms with Gasteiger partial charge in [-0.25, -0.2) is 4.79 Å². The van der Waals surface area contributed by atoms with E-state index in [1.807, 2.05) is 0 Å². The molecule has 0 unspecified atom stereocenters. The number of amides is 3. The van der Waals surface area contributed by atoms with Crippen LogP contribution in [0.1, 0.15) is 12.8 Å². The van der Waals surface area contributed by atoms with Crippen molar-refractivity contribution in [3.63, 3.8) is 0 Å². The van der Waals surface area contributed by atoms with Crippen LogP contribution in [0.4, 0.5) is 4.79 Å². The summed E-state index contributed by atoms with van der Waals surface area (Å²) in [5, 5.41) is 4.62. The Morgan fingerprint density at radius 2 is 2.12 bits per heavy atom. The van der Waals surface area contributed by atoms with Crippen LogP contribution >= 0.6 is 11.6 Å². The Hall–Kier alpha value is -1.07. The molecule has 3 amide bonds. The van der Waals surface area contributed by atoms with Crippen LogP contribution in [0.15, 0.2) is 12.7 Å². The lowest BCUT2D eigenvalue weighted by Gasteiger charge is -2.06. The van der Waals surface area contributed by atoms with Gasteiger partial charge in [-0.2, -0.15) is 0 Å². The minimum Gasteiger partial charge on any atom is -0.379 e. The second kappa shape index (κ2) is 10.4. The summed E-state index contributed by atoms with van der Waals surface area (Å²) in [5.41, 5.74) is 0. The van der Waals surface area contributed by atoms with E-state index in [2.05, 4.69) is 17.2 Å². The number of carbonyl (C=O) groups excluding carboxylic acids is 2. The van der Waals surface area contributed by atoms with Crippen LogP contribution in [0.5, 0.6) is 0 Å². The zero-order valence-electron chi connectivity index (χ0n) is 9.13. The lowest BCUT2D eigenvalue weighted by molar-refractivity contribution is -0.119. The minimum absolute atomic E-state index is 0.130. The smallest absolute Gasteiger partial charge is 0.321 e. The van der Waals surface area contributed by atoms with Gasteiger partial charge in [0.15, 0.2) is 0 Å². The van der Waals surface area contributed by atoms with Gasteiger partial charge in [0.2, 0.25) is 5.91 Å². The third-order valence-electron chi connectivity index (χ3n) is 1.57. The Balaban J connectivity index is 3.36. The van der Waals surface area contributed by atoms with Crippen molar-refractivity contribution in [3.05, 3.63) is 12.7 Å². The summed E-state index contributed by atoms with van der Waals surface area (Å²) in [5.74, 6) is -0.191. The van der Waals surface area contributed by atoms with E-state index in [1.54, 1.807) is 6.08 Å². The molecule has 0 saturated heterocycles. The summed E-state index contributed by atoms with van der Waals surface area (Å²) in [4.78, 5) is 22.0. The molecule has 0 aliphatic rings. The van der Waals surface area contributed by atoms with Gasteiger partial charge in [-0.3, -0.25) is 10.1 Å². The highest BCUT2D eigenvalue weighted by molar-refractivity contribution is 6.19. The molecule has 0 fully saturated rings. The third kappa shape index (κ3) is 9.48. The fraction of sp³-hybridized carbons (Fsp3) is 0.600. The zero-order chi connectivity index (χ0) is 12.2. The molecule has 0 aromatic heterocycles. The number of hydrogen-bond acceptors (Lipinski definition) is 3. The SMILES string of the molecule is C=CCCOCCNC(=O)NC(=O)CCCl. The van der Waals surface area contributed by atoms with E-state index in [0.717, 1.165) is 6.42 Å². The van der Waals surface area contributed by atoms with Crippen molar-refractivity contribution in [3.8, 4) is 0 Å². The van der Waals surface area contributed by atoms with Gasteiger partial charge in [0, 0.05) is 18.8 Å². The average molecular weight is 249 g/mol. The Morgan fingerprint density at radius 3 is 2.75 bits per heavy atom. The largest absolute Gasteiger partial charge is 0.379 e. The number of urea groups is 1. The highest BCUT2D eigenvalue weighted by Gasteiger charge is 2.05. The van der Waals surface area contributed by atoms with Gasteiger partial charge in [-0.15, -0.1) is 18.2 Å². The molecule has 0 rings (SSSR count). The maximum Gasteiger partial charge on any atom is 0.321 e. The summed E-state index contributed by atoms with van der Waals surface area (Å²) >= 11 is 5.33. The summed E-state index contributed by atoms with van der Waals surface area (Å²) in [6.45, 7) is 4.90. The highest BCUT2D eigenvalue weighted by Crippen LogP contribution is 1.84. The van der Waals surface area contributed by atoms with Crippen LogP contribution in [0.3, 0.4) is 0 Å². The molecule has 16 heavy (non-hydrogen) atoms. The molecule has 0 atom stereocenters. The van der Waals surface area contributed by atoms with E-state index in [0.29, 0.717) is 19.8 Å². The summed E-state index contributed by atoms with van der Waals surface area (Å²) in [6, 6.07) is -0.526. The van der Waals surface area contributed by atoms with E-state index in [9.17, 15) is 9.59 Å². The van der Waals surface area contributed by atoms with Crippen LogP contribution in [-0.2, 0) is 9.53 Å². The number of carbonyl (C=O) groups is 2. The molecule has 2 N–H and O–H groups in total. The molecule has 0 spiro atoms. The first-order chi connectivity index (χ1) is 7.70. The average Bonchev–Trinajstić information content (AvgIpc) is 2.23. The lowest BCUT2D eigenvalue weighted by Crippen LogP contribution is -2.40. The van der Waals surface area contributed by atoms with Crippen molar-refractivity contribution < 1.29 is 14.3 Å². The van der Waals surface area contributed by atoms with Crippen molar-refractivity contribution in [2.75, 3.05) is 25.6 Å². The van der Waals surface area contributed by atoms with Crippen LogP contribution in [-0.4, -0.2) is 37.6 Å². The molecule has 0 aliphatic heterocycles. The van der Waals surface area contributed by atoms with Gasteiger partial charge >= 0.3 is 6.03 Å². The molecular formula is C10H17ClN2O3. The Labute approximate surface area is 100 Å². The molecule has 0 aromatic carbocycles.